The predicted octanol–water partition coefficient (Wildman–Crippen LogP) is -0.229. The fourth-order valence-corrected chi connectivity index (χ4v) is 1.28. The van der Waals surface area contributed by atoms with E-state index in [4.69, 9.17) is 0 Å². The van der Waals surface area contributed by atoms with Crippen LogP contribution in [0.4, 0.5) is 0 Å². The second kappa shape index (κ2) is 7.22. The van der Waals surface area contributed by atoms with Crippen molar-refractivity contribution in [3.8, 4) is 0 Å². The summed E-state index contributed by atoms with van der Waals surface area (Å²) in [7, 11) is 0. The number of hydrogen-bond donors (Lipinski definition) is 3. The highest BCUT2D eigenvalue weighted by atomic mass is 16.2. The molecule has 5 nitrogen and oxygen atoms in total. The summed E-state index contributed by atoms with van der Waals surface area (Å²) < 4.78 is 0. The van der Waals surface area contributed by atoms with Crippen molar-refractivity contribution in [3.63, 3.8) is 0 Å². The van der Waals surface area contributed by atoms with E-state index < -0.39 is 0 Å². The van der Waals surface area contributed by atoms with Crippen LogP contribution in [0.2, 0.25) is 0 Å². The summed E-state index contributed by atoms with van der Waals surface area (Å²) in [6.45, 7) is 3.64. The predicted molar refractivity (Wildman–Crippen MR) is 62.0 cm³/mol. The summed E-state index contributed by atoms with van der Waals surface area (Å²) in [6, 6.07) is 0.398. The van der Waals surface area contributed by atoms with Gasteiger partial charge in [0.1, 0.15) is 0 Å². The summed E-state index contributed by atoms with van der Waals surface area (Å²) in [5.41, 5.74) is 0. The number of carbonyl (C=O) groups excluding carboxylic acids is 2. The van der Waals surface area contributed by atoms with E-state index in [9.17, 15) is 9.59 Å². The summed E-state index contributed by atoms with van der Waals surface area (Å²) in [4.78, 5) is 22.5. The van der Waals surface area contributed by atoms with E-state index in [1.54, 1.807) is 0 Å². The normalized spacial score (nSPS) is 14.6. The maximum absolute atomic E-state index is 11.3. The molecular weight excluding hydrogens is 206 g/mol. The maximum Gasteiger partial charge on any atom is 0.233 e. The first-order valence-electron chi connectivity index (χ1n) is 5.99. The fraction of sp³-hybridized carbons (Fsp3) is 0.818. The average Bonchev–Trinajstić information content (AvgIpc) is 3.02. The van der Waals surface area contributed by atoms with Gasteiger partial charge in [-0.1, -0.05) is 6.92 Å². The summed E-state index contributed by atoms with van der Waals surface area (Å²) >= 11 is 0. The Morgan fingerprint density at radius 3 is 2.56 bits per heavy atom. The molecule has 0 radical (unpaired) electrons. The second-order valence-electron chi connectivity index (χ2n) is 4.12. The van der Waals surface area contributed by atoms with Crippen molar-refractivity contribution >= 4 is 11.8 Å². The molecule has 1 aliphatic carbocycles. The first kappa shape index (κ1) is 13.0. The van der Waals surface area contributed by atoms with E-state index in [1.165, 1.54) is 0 Å². The van der Waals surface area contributed by atoms with Crippen molar-refractivity contribution in [1.82, 2.24) is 16.0 Å². The molecule has 16 heavy (non-hydrogen) atoms. The van der Waals surface area contributed by atoms with Crippen molar-refractivity contribution in [2.24, 2.45) is 0 Å². The molecule has 0 unspecified atom stereocenters. The molecule has 0 spiro atoms. The lowest BCUT2D eigenvalue weighted by atomic mass is 10.4. The zero-order valence-corrected chi connectivity index (χ0v) is 9.84. The molecule has 2 amide bonds. The monoisotopic (exact) mass is 227 g/mol. The molecule has 0 aromatic rings. The van der Waals surface area contributed by atoms with E-state index in [1.807, 2.05) is 6.92 Å². The quantitative estimate of drug-likeness (QED) is 0.502. The Kier molecular flexibility index (Phi) is 5.85. The molecule has 1 saturated carbocycles. The van der Waals surface area contributed by atoms with Crippen molar-refractivity contribution < 1.29 is 9.59 Å². The molecular formula is C11H21N3O2. The van der Waals surface area contributed by atoms with Gasteiger partial charge >= 0.3 is 0 Å². The Morgan fingerprint density at radius 1 is 1.19 bits per heavy atom. The SMILES string of the molecule is CCCNCC(=O)NCCC(=O)NC1CC1. The van der Waals surface area contributed by atoms with Gasteiger partial charge in [0, 0.05) is 19.0 Å². The number of amides is 2. The molecule has 3 N–H and O–H groups in total. The number of nitrogens with one attached hydrogen (secondary N) is 3. The molecule has 0 atom stereocenters. The second-order valence-corrected chi connectivity index (χ2v) is 4.12. The van der Waals surface area contributed by atoms with E-state index in [2.05, 4.69) is 16.0 Å². The highest BCUT2D eigenvalue weighted by Gasteiger charge is 2.22. The third-order valence-corrected chi connectivity index (χ3v) is 2.33. The molecule has 1 rings (SSSR count). The first-order chi connectivity index (χ1) is 7.72. The van der Waals surface area contributed by atoms with E-state index >= 15 is 0 Å². The first-order valence-corrected chi connectivity index (χ1v) is 5.99. The zero-order chi connectivity index (χ0) is 11.8. The molecule has 0 aromatic carbocycles. The van der Waals surface area contributed by atoms with Gasteiger partial charge < -0.3 is 16.0 Å². The standard InChI is InChI=1S/C11H21N3O2/c1-2-6-12-8-11(16)13-7-5-10(15)14-9-3-4-9/h9,12H,2-8H2,1H3,(H,13,16)(H,14,15). The van der Waals surface area contributed by atoms with Crippen LogP contribution < -0.4 is 16.0 Å². The van der Waals surface area contributed by atoms with Crippen LogP contribution in [0.3, 0.4) is 0 Å². The summed E-state index contributed by atoms with van der Waals surface area (Å²) in [5, 5.41) is 8.58. The topological polar surface area (TPSA) is 70.2 Å². The Morgan fingerprint density at radius 2 is 1.94 bits per heavy atom. The van der Waals surface area contributed by atoms with Gasteiger partial charge in [-0.3, -0.25) is 9.59 Å². The third-order valence-electron chi connectivity index (χ3n) is 2.33. The Hall–Kier alpha value is -1.10. The summed E-state index contributed by atoms with van der Waals surface area (Å²) in [5.74, 6) is -0.0167. The average molecular weight is 227 g/mol. The number of hydrogen-bond acceptors (Lipinski definition) is 3. The minimum atomic E-state index is -0.0485. The van der Waals surface area contributed by atoms with Crippen molar-refractivity contribution in [1.29, 1.82) is 0 Å². The maximum atomic E-state index is 11.3. The van der Waals surface area contributed by atoms with E-state index in [0.717, 1.165) is 25.8 Å². The van der Waals surface area contributed by atoms with Crippen LogP contribution in [0.15, 0.2) is 0 Å². The molecule has 0 bridgehead atoms. The molecule has 0 saturated heterocycles. The lowest BCUT2D eigenvalue weighted by Gasteiger charge is -2.06. The van der Waals surface area contributed by atoms with Crippen LogP contribution >= 0.6 is 0 Å². The van der Waals surface area contributed by atoms with Gasteiger partial charge in [-0.2, -0.15) is 0 Å². The van der Waals surface area contributed by atoms with Gasteiger partial charge in [0.15, 0.2) is 0 Å². The highest BCUT2D eigenvalue weighted by molar-refractivity contribution is 5.80. The molecule has 0 aromatic heterocycles. The lowest BCUT2D eigenvalue weighted by Crippen LogP contribution is -2.36. The number of carbonyl (C=O) groups is 2. The third kappa shape index (κ3) is 6.40. The van der Waals surface area contributed by atoms with Gasteiger partial charge in [0.2, 0.25) is 11.8 Å². The fourth-order valence-electron chi connectivity index (χ4n) is 1.28. The Balaban J connectivity index is 1.92. The van der Waals surface area contributed by atoms with E-state index in [-0.39, 0.29) is 11.8 Å². The minimum absolute atomic E-state index is 0.0318. The molecule has 5 heteroatoms. The van der Waals surface area contributed by atoms with Crippen LogP contribution in [0.25, 0.3) is 0 Å². The van der Waals surface area contributed by atoms with Gasteiger partial charge in [0.25, 0.3) is 0 Å². The Bertz CT molecular complexity index is 239. The van der Waals surface area contributed by atoms with Gasteiger partial charge in [-0.05, 0) is 25.8 Å². The highest BCUT2D eigenvalue weighted by Crippen LogP contribution is 2.18. The van der Waals surface area contributed by atoms with Crippen LogP contribution in [0.1, 0.15) is 32.6 Å². The van der Waals surface area contributed by atoms with Crippen molar-refractivity contribution in [3.05, 3.63) is 0 Å². The molecule has 92 valence electrons. The molecule has 1 aliphatic rings. The molecule has 1 fully saturated rings. The molecule has 0 aliphatic heterocycles. The molecule has 0 heterocycles. The van der Waals surface area contributed by atoms with Crippen LogP contribution in [-0.4, -0.2) is 37.5 Å². The zero-order valence-electron chi connectivity index (χ0n) is 9.84. The largest absolute Gasteiger partial charge is 0.354 e. The smallest absolute Gasteiger partial charge is 0.233 e. The van der Waals surface area contributed by atoms with Gasteiger partial charge in [-0.15, -0.1) is 0 Å². The Labute approximate surface area is 96.4 Å². The lowest BCUT2D eigenvalue weighted by molar-refractivity contribution is -0.122. The van der Waals surface area contributed by atoms with Gasteiger partial charge in [-0.25, -0.2) is 0 Å². The minimum Gasteiger partial charge on any atom is -0.354 e. The van der Waals surface area contributed by atoms with Crippen LogP contribution in [0.5, 0.6) is 0 Å². The van der Waals surface area contributed by atoms with Crippen LogP contribution in [-0.2, 0) is 9.59 Å². The van der Waals surface area contributed by atoms with Gasteiger partial charge in [0.05, 0.1) is 6.54 Å². The van der Waals surface area contributed by atoms with Crippen LogP contribution in [0, 0.1) is 0 Å². The number of rotatable bonds is 8. The van der Waals surface area contributed by atoms with Crippen molar-refractivity contribution in [2.75, 3.05) is 19.6 Å². The summed E-state index contributed by atoms with van der Waals surface area (Å²) in [6.07, 6.45) is 3.57. The van der Waals surface area contributed by atoms with Crippen molar-refractivity contribution in [2.45, 2.75) is 38.6 Å². The van der Waals surface area contributed by atoms with E-state index in [0.29, 0.717) is 25.6 Å².